The van der Waals surface area contributed by atoms with Crippen molar-refractivity contribution in [3.05, 3.63) is 36.1 Å². The first kappa shape index (κ1) is 10.3. The molecule has 0 saturated heterocycles. The molecule has 0 aromatic heterocycles. The molecule has 4 heteroatoms. The first-order valence-corrected chi connectivity index (χ1v) is 4.71. The summed E-state index contributed by atoms with van der Waals surface area (Å²) in [6.45, 7) is 3.90. The molecule has 0 saturated carbocycles. The molecule has 1 aromatic carbocycles. The Morgan fingerprint density at radius 1 is 1.44 bits per heavy atom. The van der Waals surface area contributed by atoms with E-state index in [9.17, 15) is 4.79 Å². The van der Waals surface area contributed by atoms with Gasteiger partial charge in [-0.3, -0.25) is 4.79 Å². The van der Waals surface area contributed by atoms with Gasteiger partial charge in [0, 0.05) is 6.07 Å². The van der Waals surface area contributed by atoms with Crippen LogP contribution in [-0.2, 0) is 0 Å². The minimum atomic E-state index is 0.170. The predicted octanol–water partition coefficient (Wildman–Crippen LogP) is 1.95. The number of carbonyl (C=O) groups excluding carboxylic acids is 1. The van der Waals surface area contributed by atoms with Gasteiger partial charge in [-0.25, -0.2) is 0 Å². The molecule has 0 amide bonds. The van der Waals surface area contributed by atoms with Gasteiger partial charge in [-0.2, -0.15) is 0 Å². The molecule has 1 aromatic rings. The van der Waals surface area contributed by atoms with Crippen LogP contribution in [0.3, 0.4) is 0 Å². The Hall–Kier alpha value is -2.19. The lowest BCUT2D eigenvalue weighted by molar-refractivity contribution is 0.111. The maximum absolute atomic E-state index is 10.8. The molecule has 16 heavy (non-hydrogen) atoms. The van der Waals surface area contributed by atoms with Crippen LogP contribution < -0.4 is 14.2 Å². The van der Waals surface area contributed by atoms with Crippen LogP contribution in [-0.4, -0.2) is 19.7 Å². The van der Waals surface area contributed by atoms with Gasteiger partial charge in [-0.15, -0.1) is 5.73 Å². The number of carbonyl (C=O) groups is 1. The molecule has 0 aliphatic carbocycles. The molecule has 0 atom stereocenters. The molecule has 0 spiro atoms. The standard InChI is InChI=1S/C12H10O4/c1-2-3-4-14-10-6-12-11(15-8-16-12)5-9(10)7-13/h3,5-7H,1,4,8H2. The van der Waals surface area contributed by atoms with Gasteiger partial charge in [0.25, 0.3) is 0 Å². The number of fused-ring (bicyclic) bond motifs is 1. The highest BCUT2D eigenvalue weighted by Crippen LogP contribution is 2.37. The normalized spacial score (nSPS) is 11.8. The number of benzene rings is 1. The lowest BCUT2D eigenvalue weighted by atomic mass is 10.2. The Kier molecular flexibility index (Phi) is 2.94. The molecule has 0 fully saturated rings. The van der Waals surface area contributed by atoms with Crippen LogP contribution >= 0.6 is 0 Å². The molecule has 0 N–H and O–H groups in total. The number of ether oxygens (including phenoxy) is 3. The van der Waals surface area contributed by atoms with Gasteiger partial charge in [0.1, 0.15) is 12.4 Å². The molecule has 82 valence electrons. The van der Waals surface area contributed by atoms with Crippen LogP contribution in [0.4, 0.5) is 0 Å². The fourth-order valence-corrected chi connectivity index (χ4v) is 1.35. The van der Waals surface area contributed by atoms with E-state index < -0.39 is 0 Å². The summed E-state index contributed by atoms with van der Waals surface area (Å²) in [7, 11) is 0. The van der Waals surface area contributed by atoms with Gasteiger partial charge in [-0.05, 0) is 12.1 Å². The van der Waals surface area contributed by atoms with Gasteiger partial charge < -0.3 is 14.2 Å². The third-order valence-electron chi connectivity index (χ3n) is 2.10. The van der Waals surface area contributed by atoms with Gasteiger partial charge in [-0.1, -0.05) is 6.58 Å². The summed E-state index contributed by atoms with van der Waals surface area (Å²) in [5.41, 5.74) is 3.02. The van der Waals surface area contributed by atoms with Crippen molar-refractivity contribution < 1.29 is 19.0 Å². The molecule has 0 radical (unpaired) electrons. The first-order valence-electron chi connectivity index (χ1n) is 4.71. The smallest absolute Gasteiger partial charge is 0.231 e. The number of hydrogen-bond acceptors (Lipinski definition) is 4. The summed E-state index contributed by atoms with van der Waals surface area (Å²) in [6, 6.07) is 3.24. The van der Waals surface area contributed by atoms with Crippen LogP contribution in [0.5, 0.6) is 17.2 Å². The average molecular weight is 218 g/mol. The zero-order chi connectivity index (χ0) is 11.4. The van der Waals surface area contributed by atoms with Crippen LogP contribution in [0.25, 0.3) is 0 Å². The van der Waals surface area contributed by atoms with Gasteiger partial charge >= 0.3 is 0 Å². The fraction of sp³-hybridized carbons (Fsp3) is 0.167. The molecule has 0 bridgehead atoms. The molecule has 2 rings (SSSR count). The second-order valence-corrected chi connectivity index (χ2v) is 3.08. The van der Waals surface area contributed by atoms with Gasteiger partial charge in [0.15, 0.2) is 17.8 Å². The molecule has 1 aliphatic heterocycles. The summed E-state index contributed by atoms with van der Waals surface area (Å²) in [6.07, 6.45) is 2.34. The van der Waals surface area contributed by atoms with E-state index in [0.717, 1.165) is 6.29 Å². The monoisotopic (exact) mass is 218 g/mol. The van der Waals surface area contributed by atoms with Crippen LogP contribution in [0.2, 0.25) is 0 Å². The lowest BCUT2D eigenvalue weighted by Crippen LogP contribution is -1.97. The Morgan fingerprint density at radius 2 is 2.19 bits per heavy atom. The minimum Gasteiger partial charge on any atom is -0.488 e. The van der Waals surface area contributed by atoms with Crippen molar-refractivity contribution in [1.82, 2.24) is 0 Å². The fourth-order valence-electron chi connectivity index (χ4n) is 1.35. The van der Waals surface area contributed by atoms with Crippen molar-refractivity contribution in [3.8, 4) is 17.2 Å². The van der Waals surface area contributed by atoms with E-state index in [1.807, 2.05) is 0 Å². The van der Waals surface area contributed by atoms with E-state index in [1.54, 1.807) is 18.2 Å². The summed E-state index contributed by atoms with van der Waals surface area (Å²) in [4.78, 5) is 10.8. The Labute approximate surface area is 92.7 Å². The zero-order valence-corrected chi connectivity index (χ0v) is 8.56. The third-order valence-corrected chi connectivity index (χ3v) is 2.10. The minimum absolute atomic E-state index is 0.170. The second-order valence-electron chi connectivity index (χ2n) is 3.08. The van der Waals surface area contributed by atoms with Crippen LogP contribution in [0.1, 0.15) is 10.4 Å². The highest BCUT2D eigenvalue weighted by Gasteiger charge is 2.17. The molecular formula is C12H10O4. The predicted molar refractivity (Wildman–Crippen MR) is 57.2 cm³/mol. The van der Waals surface area contributed by atoms with E-state index in [2.05, 4.69) is 12.3 Å². The Morgan fingerprint density at radius 3 is 2.88 bits per heavy atom. The van der Waals surface area contributed by atoms with Crippen molar-refractivity contribution in [1.29, 1.82) is 0 Å². The van der Waals surface area contributed by atoms with E-state index in [1.165, 1.54) is 0 Å². The van der Waals surface area contributed by atoms with Crippen molar-refractivity contribution in [2.75, 3.05) is 13.4 Å². The molecule has 0 unspecified atom stereocenters. The topological polar surface area (TPSA) is 44.8 Å². The zero-order valence-electron chi connectivity index (χ0n) is 8.56. The molecule has 1 heterocycles. The maximum Gasteiger partial charge on any atom is 0.231 e. The quantitative estimate of drug-likeness (QED) is 0.572. The summed E-state index contributed by atoms with van der Waals surface area (Å²) in [5.74, 6) is 1.61. The highest BCUT2D eigenvalue weighted by molar-refractivity contribution is 5.81. The average Bonchev–Trinajstić information content (AvgIpc) is 2.75. The highest BCUT2D eigenvalue weighted by atomic mass is 16.7. The summed E-state index contributed by atoms with van der Waals surface area (Å²) in [5, 5.41) is 0. The number of aldehydes is 1. The molecule has 4 nitrogen and oxygen atoms in total. The van der Waals surface area contributed by atoms with Crippen molar-refractivity contribution in [2.24, 2.45) is 0 Å². The number of rotatable bonds is 4. The van der Waals surface area contributed by atoms with Crippen molar-refractivity contribution in [2.45, 2.75) is 0 Å². The Bertz CT molecular complexity index is 458. The largest absolute Gasteiger partial charge is 0.488 e. The second kappa shape index (κ2) is 4.55. The number of hydrogen-bond donors (Lipinski definition) is 0. The molecule has 1 aliphatic rings. The van der Waals surface area contributed by atoms with Crippen LogP contribution in [0, 0.1) is 0 Å². The van der Waals surface area contributed by atoms with E-state index in [4.69, 9.17) is 14.2 Å². The van der Waals surface area contributed by atoms with Crippen molar-refractivity contribution in [3.63, 3.8) is 0 Å². The molecular weight excluding hydrogens is 208 g/mol. The maximum atomic E-state index is 10.8. The van der Waals surface area contributed by atoms with Crippen LogP contribution in [0.15, 0.2) is 30.5 Å². The summed E-state index contributed by atoms with van der Waals surface area (Å²) >= 11 is 0. The summed E-state index contributed by atoms with van der Waals surface area (Å²) < 4.78 is 15.7. The van der Waals surface area contributed by atoms with Gasteiger partial charge in [0.2, 0.25) is 6.79 Å². The first-order chi connectivity index (χ1) is 7.85. The Balaban J connectivity index is 2.28. The van der Waals surface area contributed by atoms with E-state index >= 15 is 0 Å². The van der Waals surface area contributed by atoms with E-state index in [0.29, 0.717) is 29.4 Å². The van der Waals surface area contributed by atoms with Crippen molar-refractivity contribution >= 4 is 6.29 Å². The van der Waals surface area contributed by atoms with Gasteiger partial charge in [0.05, 0.1) is 5.56 Å². The SMILES string of the molecule is C=C=CCOc1cc2c(cc1C=O)OCO2. The lowest BCUT2D eigenvalue weighted by Gasteiger charge is -2.06. The third kappa shape index (κ3) is 1.92. The van der Waals surface area contributed by atoms with E-state index in [-0.39, 0.29) is 6.79 Å².